The largest absolute Gasteiger partial charge is 0.284 e. The number of nitrogens with zero attached hydrogens (tertiary/aromatic N) is 2. The Kier molecular flexibility index (Phi) is 5.93. The monoisotopic (exact) mass is 491 g/mol. The van der Waals surface area contributed by atoms with E-state index in [0.717, 1.165) is 22.8 Å². The van der Waals surface area contributed by atoms with Crippen LogP contribution in [0, 0.1) is 11.6 Å². The number of rotatable bonds is 6. The van der Waals surface area contributed by atoms with Crippen molar-refractivity contribution in [1.82, 2.24) is 4.41 Å². The van der Waals surface area contributed by atoms with Crippen LogP contribution in [-0.2, 0) is 20.0 Å². The third-order valence-corrected chi connectivity index (χ3v) is 7.25. The zero-order chi connectivity index (χ0) is 23.8. The molecule has 0 spiro atoms. The van der Waals surface area contributed by atoms with Gasteiger partial charge in [-0.3, -0.25) is 4.72 Å². The van der Waals surface area contributed by atoms with Gasteiger partial charge in [0.25, 0.3) is 10.0 Å². The van der Waals surface area contributed by atoms with Crippen molar-refractivity contribution >= 4 is 31.4 Å². The first kappa shape index (κ1) is 22.9. The number of benzene rings is 3. The fraction of sp³-hybridized carbons (Fsp3) is 0.136. The van der Waals surface area contributed by atoms with E-state index in [1.807, 2.05) is 0 Å². The fourth-order valence-corrected chi connectivity index (χ4v) is 5.56. The molecule has 3 aromatic carbocycles. The molecule has 0 bridgehead atoms. The molecule has 1 aliphatic rings. The van der Waals surface area contributed by atoms with Crippen LogP contribution in [0.5, 0.6) is 0 Å². The normalized spacial score (nSPS) is 16.5. The van der Waals surface area contributed by atoms with Crippen molar-refractivity contribution in [3.05, 3.63) is 95.6 Å². The number of sulfonamides is 2. The lowest BCUT2D eigenvalue weighted by Crippen LogP contribution is -2.27. The number of hydrogen-bond donors (Lipinski definition) is 1. The summed E-state index contributed by atoms with van der Waals surface area (Å²) >= 11 is 0. The highest BCUT2D eigenvalue weighted by Gasteiger charge is 2.38. The molecule has 1 heterocycles. The topological polar surface area (TPSA) is 95.9 Å². The van der Waals surface area contributed by atoms with Crippen LogP contribution in [0.1, 0.15) is 23.6 Å². The molecule has 0 amide bonds. The second-order valence-electron chi connectivity index (χ2n) is 7.51. The molecule has 33 heavy (non-hydrogen) atoms. The van der Waals surface area contributed by atoms with Gasteiger partial charge in [-0.15, -0.1) is 0 Å². The van der Waals surface area contributed by atoms with Gasteiger partial charge in [0.15, 0.2) is 0 Å². The van der Waals surface area contributed by atoms with E-state index in [-0.39, 0.29) is 11.3 Å². The van der Waals surface area contributed by atoms with Gasteiger partial charge in [0, 0.05) is 12.1 Å². The van der Waals surface area contributed by atoms with Gasteiger partial charge in [-0.05, 0) is 53.6 Å². The Morgan fingerprint density at radius 1 is 0.909 bits per heavy atom. The van der Waals surface area contributed by atoms with Crippen molar-refractivity contribution in [3.63, 3.8) is 0 Å². The van der Waals surface area contributed by atoms with Crippen LogP contribution in [0.25, 0.3) is 0 Å². The molecule has 0 aliphatic carbocycles. The molecule has 0 saturated carbocycles. The molecule has 0 saturated heterocycles. The van der Waals surface area contributed by atoms with E-state index in [2.05, 4.69) is 9.82 Å². The molecule has 0 aromatic heterocycles. The lowest BCUT2D eigenvalue weighted by molar-refractivity contribution is 0.370. The summed E-state index contributed by atoms with van der Waals surface area (Å²) in [4.78, 5) is -0.276. The van der Waals surface area contributed by atoms with Crippen molar-refractivity contribution < 1.29 is 25.6 Å². The Labute approximate surface area is 190 Å². The van der Waals surface area contributed by atoms with Gasteiger partial charge in [-0.25, -0.2) is 17.2 Å². The van der Waals surface area contributed by atoms with Crippen LogP contribution in [0.4, 0.5) is 14.5 Å². The van der Waals surface area contributed by atoms with Crippen LogP contribution in [-0.4, -0.2) is 33.2 Å². The number of anilines is 1. The van der Waals surface area contributed by atoms with E-state index >= 15 is 0 Å². The number of hydrazone groups is 1. The van der Waals surface area contributed by atoms with Crippen LogP contribution in [0.2, 0.25) is 0 Å². The maximum Gasteiger partial charge on any atom is 0.279 e. The second kappa shape index (κ2) is 8.56. The van der Waals surface area contributed by atoms with Gasteiger partial charge in [0.2, 0.25) is 10.0 Å². The second-order valence-corrected chi connectivity index (χ2v) is 11.1. The van der Waals surface area contributed by atoms with Crippen molar-refractivity contribution in [2.24, 2.45) is 5.10 Å². The first-order valence-corrected chi connectivity index (χ1v) is 13.1. The zero-order valence-electron chi connectivity index (χ0n) is 17.3. The van der Waals surface area contributed by atoms with Crippen molar-refractivity contribution in [3.8, 4) is 0 Å². The SMILES string of the molecule is CS(=O)(=O)Nc1ccc(C2=NN(S(=O)(=O)c3cccc(F)c3)[C@H](c3cccc(F)c3)C2)cc1. The van der Waals surface area contributed by atoms with E-state index in [9.17, 15) is 25.6 Å². The lowest BCUT2D eigenvalue weighted by atomic mass is 9.99. The lowest BCUT2D eigenvalue weighted by Gasteiger charge is -2.23. The van der Waals surface area contributed by atoms with Crippen LogP contribution >= 0.6 is 0 Å². The maximum atomic E-state index is 13.9. The molecule has 7 nitrogen and oxygen atoms in total. The molecule has 11 heteroatoms. The predicted octanol–water partition coefficient (Wildman–Crippen LogP) is 3.88. The highest BCUT2D eigenvalue weighted by molar-refractivity contribution is 7.92. The minimum absolute atomic E-state index is 0.136. The third-order valence-electron chi connectivity index (χ3n) is 4.97. The summed E-state index contributed by atoms with van der Waals surface area (Å²) in [5.41, 5.74) is 1.69. The molecular formula is C22H19F2N3O4S2. The Morgan fingerprint density at radius 3 is 2.15 bits per heavy atom. The summed E-state index contributed by atoms with van der Waals surface area (Å²) in [6, 6.07) is 15.5. The Morgan fingerprint density at radius 2 is 1.55 bits per heavy atom. The van der Waals surface area contributed by atoms with Gasteiger partial charge < -0.3 is 0 Å². The highest BCUT2D eigenvalue weighted by atomic mass is 32.2. The van der Waals surface area contributed by atoms with Crippen molar-refractivity contribution in [1.29, 1.82) is 0 Å². The molecule has 0 unspecified atom stereocenters. The van der Waals surface area contributed by atoms with E-state index < -0.39 is 37.7 Å². The highest BCUT2D eigenvalue weighted by Crippen LogP contribution is 2.37. The molecule has 1 atom stereocenters. The molecule has 1 N–H and O–H groups in total. The first-order valence-electron chi connectivity index (χ1n) is 9.74. The predicted molar refractivity (Wildman–Crippen MR) is 121 cm³/mol. The number of halogens is 2. The van der Waals surface area contributed by atoms with Gasteiger partial charge in [-0.1, -0.05) is 30.3 Å². The third kappa shape index (κ3) is 5.04. The van der Waals surface area contributed by atoms with E-state index in [0.29, 0.717) is 22.5 Å². The quantitative estimate of drug-likeness (QED) is 0.566. The summed E-state index contributed by atoms with van der Waals surface area (Å²) in [5, 5.41) is 4.31. The average molecular weight is 492 g/mol. The average Bonchev–Trinajstić information content (AvgIpc) is 3.20. The van der Waals surface area contributed by atoms with Crippen LogP contribution in [0.3, 0.4) is 0 Å². The number of hydrogen-bond acceptors (Lipinski definition) is 5. The molecule has 0 fully saturated rings. The Bertz CT molecular complexity index is 1440. The molecular weight excluding hydrogens is 472 g/mol. The van der Waals surface area contributed by atoms with Crippen LogP contribution in [0.15, 0.2) is 82.8 Å². The van der Waals surface area contributed by atoms with E-state index in [1.165, 1.54) is 42.5 Å². The minimum atomic E-state index is -4.25. The van der Waals surface area contributed by atoms with Gasteiger partial charge in [0.05, 0.1) is 22.9 Å². The Balaban J connectivity index is 1.75. The summed E-state index contributed by atoms with van der Waals surface area (Å²) in [5.74, 6) is -1.24. The van der Waals surface area contributed by atoms with Gasteiger partial charge in [0.1, 0.15) is 11.6 Å². The van der Waals surface area contributed by atoms with Gasteiger partial charge in [-0.2, -0.15) is 17.9 Å². The summed E-state index contributed by atoms with van der Waals surface area (Å²) < 4.78 is 80.3. The van der Waals surface area contributed by atoms with Crippen molar-refractivity contribution in [2.45, 2.75) is 17.4 Å². The molecule has 172 valence electrons. The fourth-order valence-electron chi connectivity index (χ4n) is 3.53. The molecule has 0 radical (unpaired) electrons. The zero-order valence-corrected chi connectivity index (χ0v) is 18.9. The van der Waals surface area contributed by atoms with Crippen LogP contribution < -0.4 is 4.72 Å². The summed E-state index contributed by atoms with van der Waals surface area (Å²) in [7, 11) is -7.71. The summed E-state index contributed by atoms with van der Waals surface area (Å²) in [6.45, 7) is 0. The summed E-state index contributed by atoms with van der Waals surface area (Å²) in [6.07, 6.45) is 1.16. The van der Waals surface area contributed by atoms with E-state index in [1.54, 1.807) is 18.2 Å². The molecule has 1 aliphatic heterocycles. The first-order chi connectivity index (χ1) is 15.5. The number of nitrogens with one attached hydrogen (secondary N) is 1. The molecule has 3 aromatic rings. The minimum Gasteiger partial charge on any atom is -0.284 e. The van der Waals surface area contributed by atoms with Gasteiger partial charge >= 0.3 is 0 Å². The standard InChI is InChI=1S/C22H19F2N3O4S2/c1-32(28,29)26-19-10-8-15(9-11-19)21-14-22(16-4-2-5-17(23)12-16)27(25-21)33(30,31)20-7-3-6-18(24)13-20/h2-13,22,26H,14H2,1H3/t22-/m0/s1. The van der Waals surface area contributed by atoms with Crippen molar-refractivity contribution in [2.75, 3.05) is 11.0 Å². The Hall–Kier alpha value is -3.31. The smallest absolute Gasteiger partial charge is 0.279 e. The molecule has 4 rings (SSSR count). The van der Waals surface area contributed by atoms with E-state index in [4.69, 9.17) is 0 Å². The maximum absolute atomic E-state index is 13.9.